The number of nitrogens with one attached hydrogen (secondary N) is 1. The van der Waals surface area contributed by atoms with Crippen molar-refractivity contribution in [2.24, 2.45) is 0 Å². The van der Waals surface area contributed by atoms with Crippen LogP contribution < -0.4 is 5.32 Å². The monoisotopic (exact) mass is 293 g/mol. The van der Waals surface area contributed by atoms with Gasteiger partial charge in [0.25, 0.3) is 0 Å². The number of hydrogen-bond donors (Lipinski definition) is 1. The Hall–Kier alpha value is -1.36. The van der Waals surface area contributed by atoms with Gasteiger partial charge in [-0.25, -0.2) is 4.98 Å². The Morgan fingerprint density at radius 2 is 2.29 bits per heavy atom. The van der Waals surface area contributed by atoms with Crippen LogP contribution in [0.2, 0.25) is 0 Å². The van der Waals surface area contributed by atoms with Crippen LogP contribution in [0.3, 0.4) is 0 Å². The maximum absolute atomic E-state index is 11.6. The van der Waals surface area contributed by atoms with Crippen molar-refractivity contribution in [2.45, 2.75) is 25.3 Å². The average molecular weight is 294 g/mol. The molecule has 0 aromatic carbocycles. The second-order valence-corrected chi connectivity index (χ2v) is 5.28. The number of amides is 1. The Morgan fingerprint density at radius 1 is 1.47 bits per heavy atom. The normalized spacial score (nSPS) is 15.1. The predicted octanol–water partition coefficient (Wildman–Crippen LogP) is 1.92. The van der Waals surface area contributed by atoms with Crippen molar-refractivity contribution in [3.05, 3.63) is 34.7 Å². The molecular formula is C12H12BrN3O. The molecule has 1 N–H and O–H groups in total. The number of nitrogens with zero attached hydrogens (tertiary/aromatic N) is 2. The van der Waals surface area contributed by atoms with Crippen molar-refractivity contribution in [1.29, 1.82) is 0 Å². The van der Waals surface area contributed by atoms with Crippen LogP contribution in [0.25, 0.3) is 5.65 Å². The lowest BCUT2D eigenvalue weighted by Crippen LogP contribution is -2.27. The van der Waals surface area contributed by atoms with Gasteiger partial charge in [0.1, 0.15) is 5.65 Å². The number of carbonyl (C=O) groups excluding carboxylic acids is 1. The first-order chi connectivity index (χ1) is 8.20. The molecule has 3 rings (SSSR count). The summed E-state index contributed by atoms with van der Waals surface area (Å²) in [4.78, 5) is 16.0. The number of rotatable bonds is 3. The summed E-state index contributed by atoms with van der Waals surface area (Å²) in [6, 6.07) is 4.27. The van der Waals surface area contributed by atoms with Gasteiger partial charge in [0, 0.05) is 22.9 Å². The molecule has 17 heavy (non-hydrogen) atoms. The first kappa shape index (κ1) is 10.8. The third kappa shape index (κ3) is 2.49. The largest absolute Gasteiger partial charge is 0.353 e. The topological polar surface area (TPSA) is 46.4 Å². The molecule has 0 radical (unpaired) electrons. The Morgan fingerprint density at radius 3 is 3.06 bits per heavy atom. The molecule has 4 nitrogen and oxygen atoms in total. The van der Waals surface area contributed by atoms with E-state index in [1.807, 2.05) is 28.9 Å². The van der Waals surface area contributed by atoms with Gasteiger partial charge in [-0.05, 0) is 40.9 Å². The van der Waals surface area contributed by atoms with Gasteiger partial charge in [0.15, 0.2) is 0 Å². The summed E-state index contributed by atoms with van der Waals surface area (Å²) in [7, 11) is 0. The molecule has 1 aliphatic rings. The molecule has 5 heteroatoms. The molecule has 0 spiro atoms. The van der Waals surface area contributed by atoms with E-state index < -0.39 is 0 Å². The van der Waals surface area contributed by atoms with E-state index in [0.717, 1.165) is 28.7 Å². The first-order valence-corrected chi connectivity index (χ1v) is 6.42. The van der Waals surface area contributed by atoms with Crippen LogP contribution in [0.1, 0.15) is 18.5 Å². The number of halogens is 1. The van der Waals surface area contributed by atoms with Crippen molar-refractivity contribution in [2.75, 3.05) is 0 Å². The Kier molecular flexibility index (Phi) is 2.63. The molecule has 0 unspecified atom stereocenters. The highest BCUT2D eigenvalue weighted by molar-refractivity contribution is 9.10. The van der Waals surface area contributed by atoms with E-state index >= 15 is 0 Å². The maximum atomic E-state index is 11.6. The summed E-state index contributed by atoms with van der Waals surface area (Å²) in [5.41, 5.74) is 1.67. The van der Waals surface area contributed by atoms with E-state index in [1.54, 1.807) is 0 Å². The van der Waals surface area contributed by atoms with Crippen LogP contribution in [-0.4, -0.2) is 21.3 Å². The van der Waals surface area contributed by atoms with Gasteiger partial charge >= 0.3 is 0 Å². The molecule has 0 atom stereocenters. The van der Waals surface area contributed by atoms with Gasteiger partial charge in [0.05, 0.1) is 12.1 Å². The standard InChI is InChI=1S/C12H12BrN3O/c13-8-1-4-11-14-10(7-16(11)6-8)5-12(17)15-9-2-3-9/h1,4,6-7,9H,2-3,5H2,(H,15,17). The average Bonchev–Trinajstić information content (AvgIpc) is 2.97. The van der Waals surface area contributed by atoms with E-state index in [-0.39, 0.29) is 5.91 Å². The number of aromatic nitrogens is 2. The third-order valence-electron chi connectivity index (χ3n) is 2.75. The van der Waals surface area contributed by atoms with Crippen molar-refractivity contribution in [3.63, 3.8) is 0 Å². The quantitative estimate of drug-likeness (QED) is 0.940. The van der Waals surface area contributed by atoms with Crippen molar-refractivity contribution >= 4 is 27.5 Å². The van der Waals surface area contributed by atoms with Crippen molar-refractivity contribution < 1.29 is 4.79 Å². The van der Waals surface area contributed by atoms with Gasteiger partial charge in [-0.15, -0.1) is 0 Å². The lowest BCUT2D eigenvalue weighted by Gasteiger charge is -1.99. The summed E-state index contributed by atoms with van der Waals surface area (Å²) in [6.45, 7) is 0. The molecule has 2 aromatic rings. The fraction of sp³-hybridized carbons (Fsp3) is 0.333. The van der Waals surface area contributed by atoms with Crippen molar-refractivity contribution in [1.82, 2.24) is 14.7 Å². The summed E-state index contributed by atoms with van der Waals surface area (Å²) >= 11 is 3.41. The van der Waals surface area contributed by atoms with Gasteiger partial charge in [-0.1, -0.05) is 0 Å². The van der Waals surface area contributed by atoms with Gasteiger partial charge in [-0.3, -0.25) is 4.79 Å². The van der Waals surface area contributed by atoms with E-state index in [9.17, 15) is 4.79 Å². The fourth-order valence-corrected chi connectivity index (χ4v) is 2.13. The molecule has 0 saturated heterocycles. The number of pyridine rings is 1. The summed E-state index contributed by atoms with van der Waals surface area (Å²) in [5.74, 6) is 0.0648. The highest BCUT2D eigenvalue weighted by Gasteiger charge is 2.23. The van der Waals surface area contributed by atoms with Crippen LogP contribution in [0, 0.1) is 0 Å². The number of hydrogen-bond acceptors (Lipinski definition) is 2. The van der Waals surface area contributed by atoms with Crippen molar-refractivity contribution in [3.8, 4) is 0 Å². The van der Waals surface area contributed by atoms with E-state index in [0.29, 0.717) is 12.5 Å². The first-order valence-electron chi connectivity index (χ1n) is 5.63. The van der Waals surface area contributed by atoms with Gasteiger partial charge in [-0.2, -0.15) is 0 Å². The molecule has 2 aromatic heterocycles. The molecule has 0 bridgehead atoms. The van der Waals surface area contributed by atoms with Gasteiger partial charge < -0.3 is 9.72 Å². The Labute approximate surface area is 107 Å². The smallest absolute Gasteiger partial charge is 0.226 e. The Balaban J connectivity index is 1.77. The number of imidazole rings is 1. The van der Waals surface area contributed by atoms with Crippen LogP contribution in [0.15, 0.2) is 29.0 Å². The second kappa shape index (κ2) is 4.14. The minimum atomic E-state index is 0.0648. The summed E-state index contributed by atoms with van der Waals surface area (Å²) in [5, 5.41) is 2.96. The zero-order chi connectivity index (χ0) is 11.8. The summed E-state index contributed by atoms with van der Waals surface area (Å²) in [6.07, 6.45) is 6.42. The molecule has 1 saturated carbocycles. The van der Waals surface area contributed by atoms with E-state index in [1.165, 1.54) is 0 Å². The lowest BCUT2D eigenvalue weighted by molar-refractivity contribution is -0.120. The van der Waals surface area contributed by atoms with Gasteiger partial charge in [0.2, 0.25) is 5.91 Å². The zero-order valence-electron chi connectivity index (χ0n) is 9.19. The van der Waals surface area contributed by atoms with E-state index in [2.05, 4.69) is 26.2 Å². The maximum Gasteiger partial charge on any atom is 0.226 e. The highest BCUT2D eigenvalue weighted by Crippen LogP contribution is 2.19. The SMILES string of the molecule is O=C(Cc1cn2cc(Br)ccc2n1)NC1CC1. The molecule has 88 valence electrons. The summed E-state index contributed by atoms with van der Waals surface area (Å²) < 4.78 is 2.92. The third-order valence-corrected chi connectivity index (χ3v) is 3.22. The predicted molar refractivity (Wildman–Crippen MR) is 67.8 cm³/mol. The minimum absolute atomic E-state index is 0.0648. The van der Waals surface area contributed by atoms with E-state index in [4.69, 9.17) is 0 Å². The molecule has 2 heterocycles. The molecular weight excluding hydrogens is 282 g/mol. The van der Waals surface area contributed by atoms with Crippen LogP contribution >= 0.6 is 15.9 Å². The zero-order valence-corrected chi connectivity index (χ0v) is 10.8. The Bertz CT molecular complexity index is 574. The highest BCUT2D eigenvalue weighted by atomic mass is 79.9. The van der Waals surface area contributed by atoms with Crippen LogP contribution in [0.4, 0.5) is 0 Å². The number of carbonyl (C=O) groups is 1. The van der Waals surface area contributed by atoms with Crippen LogP contribution in [-0.2, 0) is 11.2 Å². The fourth-order valence-electron chi connectivity index (χ4n) is 1.77. The molecule has 1 fully saturated rings. The lowest BCUT2D eigenvalue weighted by atomic mass is 10.3. The molecule has 1 amide bonds. The van der Waals surface area contributed by atoms with Crippen LogP contribution in [0.5, 0.6) is 0 Å². The molecule has 1 aliphatic carbocycles. The second-order valence-electron chi connectivity index (χ2n) is 4.36. The number of fused-ring (bicyclic) bond motifs is 1. The minimum Gasteiger partial charge on any atom is -0.353 e. The molecule has 0 aliphatic heterocycles.